The molecule has 3 heteroatoms. The van der Waals surface area contributed by atoms with Crippen LogP contribution in [-0.4, -0.2) is 42.3 Å². The summed E-state index contributed by atoms with van der Waals surface area (Å²) in [6, 6.07) is 0.820. The summed E-state index contributed by atoms with van der Waals surface area (Å²) in [5.74, 6) is 0. The lowest BCUT2D eigenvalue weighted by Gasteiger charge is -2.53. The van der Waals surface area contributed by atoms with Gasteiger partial charge in [-0.1, -0.05) is 6.92 Å². The molecule has 0 atom stereocenters. The van der Waals surface area contributed by atoms with Crippen molar-refractivity contribution >= 4 is 0 Å². The van der Waals surface area contributed by atoms with Crippen LogP contribution in [0.3, 0.4) is 0 Å². The molecule has 0 aromatic carbocycles. The number of rotatable bonds is 6. The van der Waals surface area contributed by atoms with Gasteiger partial charge in [-0.05, 0) is 39.2 Å². The van der Waals surface area contributed by atoms with E-state index in [0.717, 1.165) is 38.6 Å². The minimum Gasteiger partial charge on any atom is -0.378 e. The van der Waals surface area contributed by atoms with E-state index in [-0.39, 0.29) is 5.54 Å². The molecule has 2 saturated carbocycles. The van der Waals surface area contributed by atoms with E-state index < -0.39 is 0 Å². The number of hydrogen-bond donors (Lipinski definition) is 1. The van der Waals surface area contributed by atoms with Gasteiger partial charge in [-0.15, -0.1) is 0 Å². The van der Waals surface area contributed by atoms with Crippen molar-refractivity contribution in [3.8, 4) is 0 Å². The first-order chi connectivity index (χ1) is 7.25. The Bertz CT molecular complexity index is 210. The molecule has 0 aliphatic heterocycles. The summed E-state index contributed by atoms with van der Waals surface area (Å²) in [6.45, 7) is 7.09. The average Bonchev–Trinajstić information content (AvgIpc) is 2.98. The lowest BCUT2D eigenvalue weighted by Crippen LogP contribution is -2.64. The molecule has 2 aliphatic carbocycles. The first kappa shape index (κ1) is 11.4. The summed E-state index contributed by atoms with van der Waals surface area (Å²) >= 11 is 0. The van der Waals surface area contributed by atoms with E-state index in [2.05, 4.69) is 18.7 Å². The van der Waals surface area contributed by atoms with Crippen molar-refractivity contribution in [2.45, 2.75) is 57.2 Å². The monoisotopic (exact) mass is 212 g/mol. The van der Waals surface area contributed by atoms with Crippen LogP contribution in [0.4, 0.5) is 0 Å². The predicted octanol–water partition coefficient (Wildman–Crippen LogP) is 1.37. The zero-order chi connectivity index (χ0) is 10.9. The standard InChI is InChI=1S/C12H24N2O/c1-3-14(10-5-6-10)12(9-13)7-11(8-12)15-4-2/h10-11H,3-9,13H2,1-2H3. The summed E-state index contributed by atoms with van der Waals surface area (Å²) in [4.78, 5) is 2.63. The Morgan fingerprint density at radius 3 is 2.40 bits per heavy atom. The van der Waals surface area contributed by atoms with E-state index in [1.807, 2.05) is 0 Å². The quantitative estimate of drug-likeness (QED) is 0.722. The molecular formula is C12H24N2O. The third kappa shape index (κ3) is 2.05. The Labute approximate surface area is 93.0 Å². The Morgan fingerprint density at radius 1 is 1.33 bits per heavy atom. The Morgan fingerprint density at radius 2 is 2.00 bits per heavy atom. The fourth-order valence-corrected chi connectivity index (χ4v) is 3.03. The van der Waals surface area contributed by atoms with Gasteiger partial charge in [0, 0.05) is 24.7 Å². The molecule has 0 amide bonds. The van der Waals surface area contributed by atoms with Gasteiger partial charge in [-0.25, -0.2) is 0 Å². The normalized spacial score (nSPS) is 35.6. The highest BCUT2D eigenvalue weighted by Gasteiger charge is 2.51. The van der Waals surface area contributed by atoms with Gasteiger partial charge in [0.1, 0.15) is 0 Å². The summed E-state index contributed by atoms with van der Waals surface area (Å²) in [6.07, 6.45) is 5.49. The van der Waals surface area contributed by atoms with Gasteiger partial charge in [0.05, 0.1) is 6.10 Å². The minimum absolute atomic E-state index is 0.274. The Hall–Kier alpha value is -0.120. The number of nitrogens with two attached hydrogens (primary N) is 1. The molecule has 0 saturated heterocycles. The molecule has 2 aliphatic rings. The van der Waals surface area contributed by atoms with Gasteiger partial charge in [-0.3, -0.25) is 4.90 Å². The highest BCUT2D eigenvalue weighted by molar-refractivity contribution is 5.07. The average molecular weight is 212 g/mol. The van der Waals surface area contributed by atoms with E-state index in [1.165, 1.54) is 12.8 Å². The number of nitrogens with zero attached hydrogens (tertiary/aromatic N) is 1. The van der Waals surface area contributed by atoms with Gasteiger partial charge >= 0.3 is 0 Å². The van der Waals surface area contributed by atoms with Crippen LogP contribution in [0.2, 0.25) is 0 Å². The molecule has 15 heavy (non-hydrogen) atoms. The maximum absolute atomic E-state index is 5.97. The van der Waals surface area contributed by atoms with Crippen molar-refractivity contribution in [2.24, 2.45) is 5.73 Å². The van der Waals surface area contributed by atoms with Crippen molar-refractivity contribution in [1.29, 1.82) is 0 Å². The van der Waals surface area contributed by atoms with E-state index in [1.54, 1.807) is 0 Å². The van der Waals surface area contributed by atoms with Gasteiger partial charge in [-0.2, -0.15) is 0 Å². The fourth-order valence-electron chi connectivity index (χ4n) is 3.03. The Kier molecular flexibility index (Phi) is 3.33. The van der Waals surface area contributed by atoms with Crippen LogP contribution in [0.1, 0.15) is 39.5 Å². The Balaban J connectivity index is 1.92. The van der Waals surface area contributed by atoms with Crippen LogP contribution < -0.4 is 5.73 Å². The SMILES string of the molecule is CCOC1CC(CN)(N(CC)C2CC2)C1. The van der Waals surface area contributed by atoms with E-state index in [4.69, 9.17) is 10.5 Å². The van der Waals surface area contributed by atoms with Gasteiger partial charge in [0.15, 0.2) is 0 Å². The van der Waals surface area contributed by atoms with Crippen LogP contribution in [-0.2, 0) is 4.74 Å². The maximum Gasteiger partial charge on any atom is 0.0611 e. The molecule has 2 fully saturated rings. The third-order valence-electron chi connectivity index (χ3n) is 3.94. The van der Waals surface area contributed by atoms with Crippen LogP contribution in [0, 0.1) is 0 Å². The van der Waals surface area contributed by atoms with Gasteiger partial charge in [0.2, 0.25) is 0 Å². The smallest absolute Gasteiger partial charge is 0.0611 e. The largest absolute Gasteiger partial charge is 0.378 e. The predicted molar refractivity (Wildman–Crippen MR) is 61.8 cm³/mol. The summed E-state index contributed by atoms with van der Waals surface area (Å²) in [7, 11) is 0. The molecular weight excluding hydrogens is 188 g/mol. The summed E-state index contributed by atoms with van der Waals surface area (Å²) in [5, 5.41) is 0. The molecule has 0 aromatic rings. The van der Waals surface area contributed by atoms with Crippen LogP contribution in [0.15, 0.2) is 0 Å². The topological polar surface area (TPSA) is 38.5 Å². The molecule has 88 valence electrons. The number of hydrogen-bond acceptors (Lipinski definition) is 3. The van der Waals surface area contributed by atoms with Crippen LogP contribution in [0.5, 0.6) is 0 Å². The van der Waals surface area contributed by atoms with Crippen molar-refractivity contribution in [3.63, 3.8) is 0 Å². The highest BCUT2D eigenvalue weighted by Crippen LogP contribution is 2.44. The zero-order valence-corrected chi connectivity index (χ0v) is 10.0. The molecule has 2 rings (SSSR count). The molecule has 0 aromatic heterocycles. The summed E-state index contributed by atoms with van der Waals surface area (Å²) < 4.78 is 5.65. The maximum atomic E-state index is 5.97. The third-order valence-corrected chi connectivity index (χ3v) is 3.94. The number of ether oxygens (including phenoxy) is 1. The second-order valence-electron chi connectivity index (χ2n) is 4.93. The molecule has 0 radical (unpaired) electrons. The molecule has 2 N–H and O–H groups in total. The summed E-state index contributed by atoms with van der Waals surface area (Å²) in [5.41, 5.74) is 6.25. The first-order valence-electron chi connectivity index (χ1n) is 6.34. The molecule has 3 nitrogen and oxygen atoms in total. The van der Waals surface area contributed by atoms with Crippen LogP contribution in [0.25, 0.3) is 0 Å². The van der Waals surface area contributed by atoms with Crippen molar-refractivity contribution in [1.82, 2.24) is 4.90 Å². The van der Waals surface area contributed by atoms with Crippen molar-refractivity contribution in [2.75, 3.05) is 19.7 Å². The number of likely N-dealkylation sites (N-methyl/N-ethyl adjacent to an activating group) is 1. The van der Waals surface area contributed by atoms with Crippen molar-refractivity contribution < 1.29 is 4.74 Å². The molecule has 0 spiro atoms. The highest BCUT2D eigenvalue weighted by atomic mass is 16.5. The second-order valence-corrected chi connectivity index (χ2v) is 4.93. The lowest BCUT2D eigenvalue weighted by molar-refractivity contribution is -0.101. The van der Waals surface area contributed by atoms with Gasteiger partial charge in [0.25, 0.3) is 0 Å². The molecule has 0 unspecified atom stereocenters. The first-order valence-corrected chi connectivity index (χ1v) is 6.34. The van der Waals surface area contributed by atoms with E-state index in [0.29, 0.717) is 6.10 Å². The van der Waals surface area contributed by atoms with E-state index in [9.17, 15) is 0 Å². The lowest BCUT2D eigenvalue weighted by atomic mass is 9.72. The van der Waals surface area contributed by atoms with Crippen LogP contribution >= 0.6 is 0 Å². The minimum atomic E-state index is 0.274. The second kappa shape index (κ2) is 4.40. The molecule has 0 heterocycles. The van der Waals surface area contributed by atoms with Gasteiger partial charge < -0.3 is 10.5 Å². The fraction of sp³-hybridized carbons (Fsp3) is 1.00. The zero-order valence-electron chi connectivity index (χ0n) is 10.0. The molecule has 0 bridgehead atoms. The van der Waals surface area contributed by atoms with Crippen molar-refractivity contribution in [3.05, 3.63) is 0 Å². The van der Waals surface area contributed by atoms with E-state index >= 15 is 0 Å².